The van der Waals surface area contributed by atoms with E-state index in [-0.39, 0.29) is 31.0 Å². The Balaban J connectivity index is 1.72. The number of aliphatic hydroxyl groups excluding tert-OH is 2. The lowest BCUT2D eigenvalue weighted by Crippen LogP contribution is -2.05. The van der Waals surface area contributed by atoms with E-state index in [2.05, 4.69) is 15.3 Å². The normalized spacial score (nSPS) is 10.9. The summed E-state index contributed by atoms with van der Waals surface area (Å²) >= 11 is 0. The summed E-state index contributed by atoms with van der Waals surface area (Å²) in [6, 6.07) is 16.8. The maximum atomic E-state index is 12.8. The number of anilines is 1. The number of aromatic carboxylic acids is 1. The third-order valence-corrected chi connectivity index (χ3v) is 5.60. The molecule has 4 rings (SSSR count). The van der Waals surface area contributed by atoms with E-state index in [1.807, 2.05) is 24.3 Å². The molecule has 4 aromatic rings. The zero-order valence-electron chi connectivity index (χ0n) is 18.4. The third kappa shape index (κ3) is 4.63. The van der Waals surface area contributed by atoms with Gasteiger partial charge in [0.05, 0.1) is 30.0 Å². The van der Waals surface area contributed by atoms with Crippen LogP contribution in [0.4, 0.5) is 5.95 Å². The molecule has 1 heterocycles. The van der Waals surface area contributed by atoms with Crippen LogP contribution in [-0.2, 0) is 19.6 Å². The molecule has 1 aromatic heterocycles. The summed E-state index contributed by atoms with van der Waals surface area (Å²) in [6.07, 6.45) is 0.138. The molecule has 0 amide bonds. The maximum absolute atomic E-state index is 12.8. The van der Waals surface area contributed by atoms with Gasteiger partial charge in [0.15, 0.2) is 5.78 Å². The van der Waals surface area contributed by atoms with Gasteiger partial charge in [-0.1, -0.05) is 30.3 Å². The number of hydrogen-bond acceptors (Lipinski definition) is 7. The first-order valence-electron chi connectivity index (χ1n) is 10.6. The fourth-order valence-corrected chi connectivity index (χ4v) is 3.80. The van der Waals surface area contributed by atoms with E-state index in [1.54, 1.807) is 19.2 Å². The van der Waals surface area contributed by atoms with Gasteiger partial charge < -0.3 is 20.6 Å². The van der Waals surface area contributed by atoms with Crippen molar-refractivity contribution in [1.29, 1.82) is 0 Å². The van der Waals surface area contributed by atoms with Gasteiger partial charge in [0.2, 0.25) is 5.95 Å². The van der Waals surface area contributed by atoms with Crippen molar-refractivity contribution in [3.8, 4) is 11.3 Å². The number of nitrogens with one attached hydrogen (secondary N) is 1. The first-order valence-corrected chi connectivity index (χ1v) is 10.6. The number of Topliss-reactive ketones (excluding diaryl/α,β-unsaturated/α-hetero) is 1. The average molecular weight is 457 g/mol. The van der Waals surface area contributed by atoms with E-state index in [0.717, 1.165) is 11.1 Å². The predicted molar refractivity (Wildman–Crippen MR) is 128 cm³/mol. The smallest absolute Gasteiger partial charge is 0.335 e. The van der Waals surface area contributed by atoms with Gasteiger partial charge in [-0.25, -0.2) is 14.8 Å². The lowest BCUT2D eigenvalue weighted by atomic mass is 9.97. The number of fused-ring (bicyclic) bond motifs is 1. The standard InChI is InChI=1S/C26H23N3O5/c1-27-26-28-22-12-20(14-31)19(13-30)11-21(22)24(29-26)18-4-2-3-15(9-18)10-23(32)16-5-7-17(8-6-16)25(33)34/h2-9,11-12,30-31H,10,13-14H2,1H3,(H,33,34)(H,27,28,29). The number of carboxylic acid groups (broad SMARTS) is 1. The van der Waals surface area contributed by atoms with Crippen molar-refractivity contribution in [2.24, 2.45) is 0 Å². The summed E-state index contributed by atoms with van der Waals surface area (Å²) in [5.74, 6) is -0.768. The van der Waals surface area contributed by atoms with Gasteiger partial charge in [0.25, 0.3) is 0 Å². The van der Waals surface area contributed by atoms with Crippen molar-refractivity contribution in [3.63, 3.8) is 0 Å². The van der Waals surface area contributed by atoms with Gasteiger partial charge in [-0.2, -0.15) is 0 Å². The Morgan fingerprint density at radius 3 is 2.21 bits per heavy atom. The second kappa shape index (κ2) is 9.78. The van der Waals surface area contributed by atoms with E-state index in [0.29, 0.717) is 39.2 Å². The zero-order valence-corrected chi connectivity index (χ0v) is 18.4. The van der Waals surface area contributed by atoms with Crippen LogP contribution >= 0.6 is 0 Å². The lowest BCUT2D eigenvalue weighted by Gasteiger charge is -2.13. The SMILES string of the molecule is CNc1nc(-c2cccc(CC(=O)c3ccc(C(=O)O)cc3)c2)c2cc(CO)c(CO)cc2n1. The molecule has 0 bridgehead atoms. The number of hydrogen-bond donors (Lipinski definition) is 4. The minimum absolute atomic E-state index is 0.126. The summed E-state index contributed by atoms with van der Waals surface area (Å²) in [7, 11) is 1.71. The molecule has 172 valence electrons. The second-order valence-electron chi connectivity index (χ2n) is 7.78. The van der Waals surface area contributed by atoms with Crippen LogP contribution in [0.25, 0.3) is 22.2 Å². The minimum atomic E-state index is -1.04. The van der Waals surface area contributed by atoms with Crippen LogP contribution in [0.2, 0.25) is 0 Å². The van der Waals surface area contributed by atoms with Crippen molar-refractivity contribution < 1.29 is 24.9 Å². The Morgan fingerprint density at radius 2 is 1.56 bits per heavy atom. The number of carboxylic acids is 1. The van der Waals surface area contributed by atoms with E-state index in [1.165, 1.54) is 24.3 Å². The van der Waals surface area contributed by atoms with E-state index in [9.17, 15) is 19.8 Å². The van der Waals surface area contributed by atoms with Crippen molar-refractivity contribution in [1.82, 2.24) is 9.97 Å². The van der Waals surface area contributed by atoms with Crippen LogP contribution in [0.15, 0.2) is 60.7 Å². The number of benzene rings is 3. The number of carbonyl (C=O) groups excluding carboxylic acids is 1. The van der Waals surface area contributed by atoms with Gasteiger partial charge in [-0.15, -0.1) is 0 Å². The highest BCUT2D eigenvalue weighted by molar-refractivity contribution is 5.99. The van der Waals surface area contributed by atoms with Crippen molar-refractivity contribution >= 4 is 28.6 Å². The van der Waals surface area contributed by atoms with Gasteiger partial charge in [-0.3, -0.25) is 4.79 Å². The number of nitrogens with zero attached hydrogens (tertiary/aromatic N) is 2. The molecule has 0 unspecified atom stereocenters. The van der Waals surface area contributed by atoms with Crippen molar-refractivity contribution in [2.75, 3.05) is 12.4 Å². The molecule has 0 radical (unpaired) electrons. The predicted octanol–water partition coefficient (Wildman–Crippen LogP) is 3.45. The van der Waals surface area contributed by atoms with Crippen LogP contribution in [0, 0.1) is 0 Å². The van der Waals surface area contributed by atoms with Crippen LogP contribution in [0.1, 0.15) is 37.4 Å². The molecule has 0 aliphatic rings. The third-order valence-electron chi connectivity index (χ3n) is 5.60. The highest BCUT2D eigenvalue weighted by Crippen LogP contribution is 2.30. The highest BCUT2D eigenvalue weighted by atomic mass is 16.4. The quantitative estimate of drug-likeness (QED) is 0.296. The number of aliphatic hydroxyl groups is 2. The molecular weight excluding hydrogens is 434 g/mol. The van der Waals surface area contributed by atoms with Crippen molar-refractivity contribution in [2.45, 2.75) is 19.6 Å². The van der Waals surface area contributed by atoms with E-state index in [4.69, 9.17) is 5.11 Å². The molecule has 0 spiro atoms. The fourth-order valence-electron chi connectivity index (χ4n) is 3.80. The topological polar surface area (TPSA) is 133 Å². The summed E-state index contributed by atoms with van der Waals surface area (Å²) in [5, 5.41) is 32.1. The van der Waals surface area contributed by atoms with E-state index >= 15 is 0 Å². The molecule has 8 heteroatoms. The first kappa shape index (κ1) is 23.0. The summed E-state index contributed by atoms with van der Waals surface area (Å²) in [5.41, 5.74) is 4.55. The molecule has 0 saturated heterocycles. The molecule has 0 saturated carbocycles. The van der Waals surface area contributed by atoms with Crippen LogP contribution < -0.4 is 5.32 Å². The lowest BCUT2D eigenvalue weighted by molar-refractivity contribution is 0.0696. The van der Waals surface area contributed by atoms with Gasteiger partial charge in [-0.05, 0) is 47.0 Å². The van der Waals surface area contributed by atoms with Crippen LogP contribution in [0.5, 0.6) is 0 Å². The Labute approximate surface area is 195 Å². The van der Waals surface area contributed by atoms with Crippen LogP contribution in [-0.4, -0.2) is 44.1 Å². The second-order valence-corrected chi connectivity index (χ2v) is 7.78. The molecule has 0 fully saturated rings. The minimum Gasteiger partial charge on any atom is -0.478 e. The zero-order chi connectivity index (χ0) is 24.2. The number of aromatic nitrogens is 2. The molecule has 0 aliphatic carbocycles. The number of rotatable bonds is 8. The molecular formula is C26H23N3O5. The Morgan fingerprint density at radius 1 is 0.882 bits per heavy atom. The fraction of sp³-hybridized carbons (Fsp3) is 0.154. The summed E-state index contributed by atoms with van der Waals surface area (Å²) in [6.45, 7) is -0.445. The molecule has 0 aliphatic heterocycles. The maximum Gasteiger partial charge on any atom is 0.335 e. The van der Waals surface area contributed by atoms with E-state index < -0.39 is 5.97 Å². The molecule has 4 N–H and O–H groups in total. The van der Waals surface area contributed by atoms with Gasteiger partial charge >= 0.3 is 5.97 Å². The summed E-state index contributed by atoms with van der Waals surface area (Å²) < 4.78 is 0. The number of ketones is 1. The molecule has 3 aromatic carbocycles. The molecule has 0 atom stereocenters. The van der Waals surface area contributed by atoms with Gasteiger partial charge in [0.1, 0.15) is 0 Å². The highest BCUT2D eigenvalue weighted by Gasteiger charge is 2.15. The number of carbonyl (C=O) groups is 2. The Bertz CT molecular complexity index is 1380. The molecule has 34 heavy (non-hydrogen) atoms. The van der Waals surface area contributed by atoms with Crippen LogP contribution in [0.3, 0.4) is 0 Å². The summed E-state index contributed by atoms with van der Waals surface area (Å²) in [4.78, 5) is 32.9. The molecule has 8 nitrogen and oxygen atoms in total. The average Bonchev–Trinajstić information content (AvgIpc) is 2.87. The Kier molecular flexibility index (Phi) is 6.62. The van der Waals surface area contributed by atoms with Gasteiger partial charge in [0, 0.05) is 30.0 Å². The largest absolute Gasteiger partial charge is 0.478 e. The Hall–Kier alpha value is -4.14. The monoisotopic (exact) mass is 457 g/mol. The van der Waals surface area contributed by atoms with Crippen molar-refractivity contribution in [3.05, 3.63) is 88.5 Å². The first-order chi connectivity index (χ1) is 16.4.